The Morgan fingerprint density at radius 1 is 1.25 bits per heavy atom. The summed E-state index contributed by atoms with van der Waals surface area (Å²) in [5, 5.41) is 0. The van der Waals surface area contributed by atoms with Crippen LogP contribution in [-0.2, 0) is 9.59 Å². The highest BCUT2D eigenvalue weighted by Gasteiger charge is 2.39. The maximum atomic E-state index is 12.6. The quantitative estimate of drug-likeness (QED) is 0.763. The molecule has 5 nitrogen and oxygen atoms in total. The van der Waals surface area contributed by atoms with Crippen LogP contribution in [0.3, 0.4) is 0 Å². The van der Waals surface area contributed by atoms with E-state index in [9.17, 15) is 9.59 Å². The van der Waals surface area contributed by atoms with Crippen molar-refractivity contribution in [3.8, 4) is 0 Å². The molecule has 1 aliphatic carbocycles. The minimum atomic E-state index is 0.102. The molecular weight excluding hydrogens is 254 g/mol. The first kappa shape index (κ1) is 13.9. The molecule has 2 saturated heterocycles. The van der Waals surface area contributed by atoms with Crippen molar-refractivity contribution in [2.45, 2.75) is 51.1 Å². The number of fused-ring (bicyclic) bond motifs is 1. The van der Waals surface area contributed by atoms with Gasteiger partial charge in [-0.05, 0) is 31.6 Å². The van der Waals surface area contributed by atoms with Crippen molar-refractivity contribution in [2.24, 2.45) is 17.6 Å². The van der Waals surface area contributed by atoms with Crippen LogP contribution in [0, 0.1) is 11.8 Å². The van der Waals surface area contributed by atoms with Crippen molar-refractivity contribution in [3.63, 3.8) is 0 Å². The molecule has 2 heterocycles. The van der Waals surface area contributed by atoms with Gasteiger partial charge in [-0.25, -0.2) is 0 Å². The first-order valence-electron chi connectivity index (χ1n) is 7.90. The maximum Gasteiger partial charge on any atom is 0.225 e. The number of carbonyl (C=O) groups excluding carboxylic acids is 2. The van der Waals surface area contributed by atoms with Crippen LogP contribution >= 0.6 is 0 Å². The Morgan fingerprint density at radius 2 is 2.05 bits per heavy atom. The van der Waals surface area contributed by atoms with E-state index in [1.54, 1.807) is 0 Å². The number of nitrogens with two attached hydrogens (primary N) is 1. The van der Waals surface area contributed by atoms with Gasteiger partial charge < -0.3 is 15.5 Å². The van der Waals surface area contributed by atoms with Crippen LogP contribution in [0.4, 0.5) is 0 Å². The van der Waals surface area contributed by atoms with Gasteiger partial charge in [0.25, 0.3) is 0 Å². The van der Waals surface area contributed by atoms with E-state index in [4.69, 9.17) is 5.73 Å². The Kier molecular flexibility index (Phi) is 3.71. The molecule has 0 aromatic carbocycles. The summed E-state index contributed by atoms with van der Waals surface area (Å²) < 4.78 is 0. The fraction of sp³-hybridized carbons (Fsp3) is 0.867. The number of carbonyl (C=O) groups is 2. The number of hydrogen-bond acceptors (Lipinski definition) is 3. The number of nitrogens with zero attached hydrogens (tertiary/aromatic N) is 2. The molecule has 112 valence electrons. The van der Waals surface area contributed by atoms with Gasteiger partial charge in [0.05, 0.1) is 0 Å². The molecule has 4 unspecified atom stereocenters. The highest BCUT2D eigenvalue weighted by Crippen LogP contribution is 2.30. The van der Waals surface area contributed by atoms with Gasteiger partial charge in [-0.1, -0.05) is 6.92 Å². The van der Waals surface area contributed by atoms with Gasteiger partial charge in [-0.15, -0.1) is 0 Å². The third-order valence-electron chi connectivity index (χ3n) is 5.41. The summed E-state index contributed by atoms with van der Waals surface area (Å²) in [5.74, 6) is 1.16. The summed E-state index contributed by atoms with van der Waals surface area (Å²) in [6.07, 6.45) is 4.41. The first-order valence-corrected chi connectivity index (χ1v) is 7.90. The van der Waals surface area contributed by atoms with Crippen LogP contribution in [0.2, 0.25) is 0 Å². The largest absolute Gasteiger partial charge is 0.339 e. The average Bonchev–Trinajstić information content (AvgIpc) is 2.82. The molecule has 3 fully saturated rings. The molecule has 1 saturated carbocycles. The third kappa shape index (κ3) is 2.43. The molecule has 3 aliphatic rings. The lowest BCUT2D eigenvalue weighted by atomic mass is 9.79. The Bertz CT molecular complexity index is 412. The zero-order valence-electron chi connectivity index (χ0n) is 12.3. The standard InChI is InChI=1S/C15H25N3O2/c1-10-2-3-11(8-13(10)16)15(20)17-6-7-18-12(9-17)4-5-14(18)19/h10-13H,2-9,16H2,1H3. The van der Waals surface area contributed by atoms with E-state index in [-0.39, 0.29) is 29.8 Å². The van der Waals surface area contributed by atoms with Crippen molar-refractivity contribution < 1.29 is 9.59 Å². The summed E-state index contributed by atoms with van der Waals surface area (Å²) in [6.45, 7) is 4.31. The summed E-state index contributed by atoms with van der Waals surface area (Å²) in [4.78, 5) is 28.3. The lowest BCUT2D eigenvalue weighted by Crippen LogP contribution is -2.55. The van der Waals surface area contributed by atoms with E-state index >= 15 is 0 Å². The molecule has 0 spiro atoms. The topological polar surface area (TPSA) is 66.6 Å². The molecule has 2 amide bonds. The summed E-state index contributed by atoms with van der Waals surface area (Å²) in [5.41, 5.74) is 6.12. The zero-order valence-corrected chi connectivity index (χ0v) is 12.3. The fourth-order valence-electron chi connectivity index (χ4n) is 3.90. The van der Waals surface area contributed by atoms with Crippen LogP contribution in [0.5, 0.6) is 0 Å². The van der Waals surface area contributed by atoms with Crippen LogP contribution < -0.4 is 5.73 Å². The second-order valence-electron chi connectivity index (χ2n) is 6.71. The molecule has 4 atom stereocenters. The Morgan fingerprint density at radius 3 is 2.80 bits per heavy atom. The second kappa shape index (κ2) is 5.35. The number of rotatable bonds is 1. The predicted octanol–water partition coefficient (Wildman–Crippen LogP) is 0.583. The number of piperazine rings is 1. The maximum absolute atomic E-state index is 12.6. The minimum absolute atomic E-state index is 0.102. The molecule has 20 heavy (non-hydrogen) atoms. The summed E-state index contributed by atoms with van der Waals surface area (Å²) >= 11 is 0. The van der Waals surface area contributed by atoms with Crippen molar-refractivity contribution in [1.82, 2.24) is 9.80 Å². The summed E-state index contributed by atoms with van der Waals surface area (Å²) in [7, 11) is 0. The van der Waals surface area contributed by atoms with Gasteiger partial charge in [0, 0.05) is 44.1 Å². The van der Waals surface area contributed by atoms with E-state index in [2.05, 4.69) is 6.92 Å². The van der Waals surface area contributed by atoms with E-state index in [1.165, 1.54) is 0 Å². The Balaban J connectivity index is 1.60. The predicted molar refractivity (Wildman–Crippen MR) is 75.8 cm³/mol. The molecule has 0 aromatic rings. The smallest absolute Gasteiger partial charge is 0.225 e. The highest BCUT2D eigenvalue weighted by molar-refractivity contribution is 5.81. The minimum Gasteiger partial charge on any atom is -0.339 e. The second-order valence-corrected chi connectivity index (χ2v) is 6.71. The van der Waals surface area contributed by atoms with E-state index < -0.39 is 0 Å². The van der Waals surface area contributed by atoms with Gasteiger partial charge in [0.15, 0.2) is 0 Å². The third-order valence-corrected chi connectivity index (χ3v) is 5.41. The zero-order chi connectivity index (χ0) is 14.3. The van der Waals surface area contributed by atoms with Gasteiger partial charge in [0.1, 0.15) is 0 Å². The van der Waals surface area contributed by atoms with Crippen LogP contribution in [0.25, 0.3) is 0 Å². The number of amides is 2. The lowest BCUT2D eigenvalue weighted by molar-refractivity contribution is -0.143. The van der Waals surface area contributed by atoms with Crippen molar-refractivity contribution in [3.05, 3.63) is 0 Å². The Labute approximate surface area is 120 Å². The molecule has 5 heteroatoms. The molecule has 3 rings (SSSR count). The fourth-order valence-corrected chi connectivity index (χ4v) is 3.90. The normalized spacial score (nSPS) is 38.0. The van der Waals surface area contributed by atoms with Crippen molar-refractivity contribution >= 4 is 11.8 Å². The van der Waals surface area contributed by atoms with Gasteiger partial charge in [-0.3, -0.25) is 9.59 Å². The van der Waals surface area contributed by atoms with E-state index in [0.29, 0.717) is 25.4 Å². The molecule has 0 radical (unpaired) electrons. The van der Waals surface area contributed by atoms with Crippen LogP contribution in [-0.4, -0.2) is 53.3 Å². The van der Waals surface area contributed by atoms with Crippen LogP contribution in [0.1, 0.15) is 39.0 Å². The molecular formula is C15H25N3O2. The molecule has 0 aromatic heterocycles. The molecule has 2 N–H and O–H groups in total. The van der Waals surface area contributed by atoms with E-state index in [1.807, 2.05) is 9.80 Å². The van der Waals surface area contributed by atoms with Gasteiger partial charge in [0.2, 0.25) is 11.8 Å². The molecule has 0 bridgehead atoms. The average molecular weight is 279 g/mol. The molecule has 2 aliphatic heterocycles. The van der Waals surface area contributed by atoms with Gasteiger partial charge in [-0.2, -0.15) is 0 Å². The summed E-state index contributed by atoms with van der Waals surface area (Å²) in [6, 6.07) is 0.420. The van der Waals surface area contributed by atoms with Gasteiger partial charge >= 0.3 is 0 Å². The lowest BCUT2D eigenvalue weighted by Gasteiger charge is -2.40. The van der Waals surface area contributed by atoms with Crippen molar-refractivity contribution in [2.75, 3.05) is 19.6 Å². The monoisotopic (exact) mass is 279 g/mol. The van der Waals surface area contributed by atoms with Crippen LogP contribution in [0.15, 0.2) is 0 Å². The van der Waals surface area contributed by atoms with Crippen molar-refractivity contribution in [1.29, 1.82) is 0 Å². The van der Waals surface area contributed by atoms with E-state index in [0.717, 1.165) is 32.2 Å². The number of hydrogen-bond donors (Lipinski definition) is 1. The highest BCUT2D eigenvalue weighted by atomic mass is 16.2. The Hall–Kier alpha value is -1.10. The first-order chi connectivity index (χ1) is 9.56. The SMILES string of the molecule is CC1CCC(C(=O)N2CCN3C(=O)CCC3C2)CC1N.